The molecular weight excluding hydrogens is 224 g/mol. The Morgan fingerprint density at radius 3 is 2.94 bits per heavy atom. The molecule has 0 saturated carbocycles. The molecule has 0 aliphatic carbocycles. The molecule has 0 radical (unpaired) electrons. The lowest BCUT2D eigenvalue weighted by atomic mass is 10.3. The second-order valence-electron chi connectivity index (χ2n) is 3.19. The average Bonchev–Trinajstić information content (AvgIpc) is 2.27. The molecule has 0 amide bonds. The standard InChI is InChI=1S/C11H16N2O2S/c1-3-5-16-10-9(11(14)15-4-2)6-8(12)7-13-10/h6-7H,3-5,12H2,1-2H3. The summed E-state index contributed by atoms with van der Waals surface area (Å²) in [4.78, 5) is 15.8. The maximum Gasteiger partial charge on any atom is 0.340 e. The molecule has 1 rings (SSSR count). The molecule has 0 fully saturated rings. The van der Waals surface area contributed by atoms with Gasteiger partial charge in [-0.25, -0.2) is 9.78 Å². The number of rotatable bonds is 5. The second kappa shape index (κ2) is 6.37. The monoisotopic (exact) mass is 240 g/mol. The van der Waals surface area contributed by atoms with Gasteiger partial charge in [0.25, 0.3) is 0 Å². The molecule has 4 nitrogen and oxygen atoms in total. The minimum absolute atomic E-state index is 0.353. The Balaban J connectivity index is 2.93. The summed E-state index contributed by atoms with van der Waals surface area (Å²) in [5.41, 5.74) is 6.55. The highest BCUT2D eigenvalue weighted by molar-refractivity contribution is 7.99. The van der Waals surface area contributed by atoms with Crippen LogP contribution in [0.3, 0.4) is 0 Å². The third-order valence-corrected chi connectivity index (χ3v) is 3.02. The number of nitrogens with zero attached hydrogens (tertiary/aromatic N) is 1. The molecule has 1 heterocycles. The fourth-order valence-corrected chi connectivity index (χ4v) is 1.96. The van der Waals surface area contributed by atoms with Crippen LogP contribution in [0.15, 0.2) is 17.3 Å². The van der Waals surface area contributed by atoms with Crippen molar-refractivity contribution in [3.8, 4) is 0 Å². The molecule has 1 aromatic rings. The molecule has 0 atom stereocenters. The van der Waals surface area contributed by atoms with Crippen LogP contribution in [0.1, 0.15) is 30.6 Å². The van der Waals surface area contributed by atoms with E-state index in [2.05, 4.69) is 11.9 Å². The van der Waals surface area contributed by atoms with Crippen molar-refractivity contribution in [1.82, 2.24) is 4.98 Å². The van der Waals surface area contributed by atoms with Crippen molar-refractivity contribution in [3.05, 3.63) is 17.8 Å². The number of ether oxygens (including phenoxy) is 1. The fourth-order valence-electron chi connectivity index (χ4n) is 1.14. The zero-order valence-corrected chi connectivity index (χ0v) is 10.3. The summed E-state index contributed by atoms with van der Waals surface area (Å²) in [7, 11) is 0. The number of nitrogens with two attached hydrogens (primary N) is 1. The summed E-state index contributed by atoms with van der Waals surface area (Å²) in [6.45, 7) is 4.20. The van der Waals surface area contributed by atoms with E-state index in [-0.39, 0.29) is 5.97 Å². The number of aromatic nitrogens is 1. The molecule has 0 spiro atoms. The Kier molecular flexibility index (Phi) is 5.11. The van der Waals surface area contributed by atoms with E-state index in [9.17, 15) is 4.79 Å². The van der Waals surface area contributed by atoms with Crippen LogP contribution in [0, 0.1) is 0 Å². The second-order valence-corrected chi connectivity index (χ2v) is 4.27. The summed E-state index contributed by atoms with van der Waals surface area (Å²) >= 11 is 1.54. The zero-order chi connectivity index (χ0) is 12.0. The van der Waals surface area contributed by atoms with Crippen LogP contribution in [-0.4, -0.2) is 23.3 Å². The molecule has 0 bridgehead atoms. The van der Waals surface area contributed by atoms with Crippen LogP contribution < -0.4 is 5.73 Å². The van der Waals surface area contributed by atoms with Crippen LogP contribution in [0.25, 0.3) is 0 Å². The summed E-state index contributed by atoms with van der Waals surface area (Å²) in [5, 5.41) is 0.689. The van der Waals surface area contributed by atoms with Crippen molar-refractivity contribution in [1.29, 1.82) is 0 Å². The minimum Gasteiger partial charge on any atom is -0.462 e. The highest BCUT2D eigenvalue weighted by Gasteiger charge is 2.14. The first-order chi connectivity index (χ1) is 7.69. The van der Waals surface area contributed by atoms with E-state index in [0.29, 0.717) is 22.9 Å². The van der Waals surface area contributed by atoms with Gasteiger partial charge in [-0.2, -0.15) is 0 Å². The van der Waals surface area contributed by atoms with Gasteiger partial charge in [-0.05, 0) is 25.2 Å². The Morgan fingerprint density at radius 2 is 2.31 bits per heavy atom. The Labute approximate surface area is 99.6 Å². The van der Waals surface area contributed by atoms with Crippen molar-refractivity contribution in [2.24, 2.45) is 0 Å². The molecule has 0 aliphatic rings. The molecule has 0 aromatic carbocycles. The predicted molar refractivity (Wildman–Crippen MR) is 65.6 cm³/mol. The van der Waals surface area contributed by atoms with Crippen LogP contribution in [0.4, 0.5) is 5.69 Å². The largest absolute Gasteiger partial charge is 0.462 e. The first-order valence-electron chi connectivity index (χ1n) is 5.24. The summed E-state index contributed by atoms with van der Waals surface area (Å²) in [6, 6.07) is 1.61. The van der Waals surface area contributed by atoms with E-state index >= 15 is 0 Å². The molecule has 2 N–H and O–H groups in total. The van der Waals surface area contributed by atoms with Crippen LogP contribution in [-0.2, 0) is 4.74 Å². The fraction of sp³-hybridized carbons (Fsp3) is 0.455. The maximum atomic E-state index is 11.6. The van der Waals surface area contributed by atoms with Gasteiger partial charge in [0.1, 0.15) is 5.03 Å². The topological polar surface area (TPSA) is 65.2 Å². The van der Waals surface area contributed by atoms with Gasteiger partial charge < -0.3 is 10.5 Å². The molecule has 0 saturated heterocycles. The predicted octanol–water partition coefficient (Wildman–Crippen LogP) is 2.34. The molecule has 5 heteroatoms. The van der Waals surface area contributed by atoms with Gasteiger partial charge in [0.05, 0.1) is 24.1 Å². The van der Waals surface area contributed by atoms with Crippen molar-refractivity contribution in [2.75, 3.05) is 18.1 Å². The van der Waals surface area contributed by atoms with Crippen LogP contribution >= 0.6 is 11.8 Å². The van der Waals surface area contributed by atoms with Crippen molar-refractivity contribution in [2.45, 2.75) is 25.3 Å². The number of nitrogen functional groups attached to an aromatic ring is 1. The molecule has 0 aliphatic heterocycles. The van der Waals surface area contributed by atoms with Gasteiger partial charge in [-0.3, -0.25) is 0 Å². The van der Waals surface area contributed by atoms with Crippen LogP contribution in [0.2, 0.25) is 0 Å². The highest BCUT2D eigenvalue weighted by atomic mass is 32.2. The lowest BCUT2D eigenvalue weighted by Gasteiger charge is -2.07. The number of thioether (sulfide) groups is 1. The molecule has 0 unspecified atom stereocenters. The average molecular weight is 240 g/mol. The van der Waals surface area contributed by atoms with Gasteiger partial charge in [0.2, 0.25) is 0 Å². The number of pyridine rings is 1. The van der Waals surface area contributed by atoms with Crippen molar-refractivity contribution < 1.29 is 9.53 Å². The van der Waals surface area contributed by atoms with Gasteiger partial charge in [0.15, 0.2) is 0 Å². The van der Waals surface area contributed by atoms with E-state index < -0.39 is 0 Å². The zero-order valence-electron chi connectivity index (χ0n) is 9.53. The van der Waals surface area contributed by atoms with Crippen molar-refractivity contribution >= 4 is 23.4 Å². The quantitative estimate of drug-likeness (QED) is 0.632. The van der Waals surface area contributed by atoms with E-state index in [1.54, 1.807) is 30.9 Å². The van der Waals surface area contributed by atoms with E-state index in [0.717, 1.165) is 12.2 Å². The lowest BCUT2D eigenvalue weighted by Crippen LogP contribution is -2.08. The third kappa shape index (κ3) is 3.41. The third-order valence-electron chi connectivity index (χ3n) is 1.81. The minimum atomic E-state index is -0.360. The number of hydrogen-bond donors (Lipinski definition) is 1. The Bertz CT molecular complexity index is 369. The van der Waals surface area contributed by atoms with Gasteiger partial charge in [-0.1, -0.05) is 6.92 Å². The molecule has 88 valence electrons. The number of carbonyl (C=O) groups excluding carboxylic acids is 1. The maximum absolute atomic E-state index is 11.6. The normalized spacial score (nSPS) is 10.1. The smallest absolute Gasteiger partial charge is 0.340 e. The molecule has 16 heavy (non-hydrogen) atoms. The summed E-state index contributed by atoms with van der Waals surface area (Å²) < 4.78 is 4.96. The first kappa shape index (κ1) is 12.8. The number of hydrogen-bond acceptors (Lipinski definition) is 5. The van der Waals surface area contributed by atoms with Gasteiger partial charge >= 0.3 is 5.97 Å². The summed E-state index contributed by atoms with van der Waals surface area (Å²) in [6.07, 6.45) is 2.58. The van der Waals surface area contributed by atoms with Crippen LogP contribution in [0.5, 0.6) is 0 Å². The summed E-state index contributed by atoms with van der Waals surface area (Å²) in [5.74, 6) is 0.560. The molecule has 1 aromatic heterocycles. The van der Waals surface area contributed by atoms with Gasteiger partial charge in [0, 0.05) is 0 Å². The molecular formula is C11H16N2O2S. The van der Waals surface area contributed by atoms with E-state index in [4.69, 9.17) is 10.5 Å². The lowest BCUT2D eigenvalue weighted by molar-refractivity contribution is 0.0521. The highest BCUT2D eigenvalue weighted by Crippen LogP contribution is 2.23. The van der Waals surface area contributed by atoms with Crippen molar-refractivity contribution in [3.63, 3.8) is 0 Å². The van der Waals surface area contributed by atoms with E-state index in [1.807, 2.05) is 0 Å². The number of carbonyl (C=O) groups is 1. The van der Waals surface area contributed by atoms with Gasteiger partial charge in [-0.15, -0.1) is 11.8 Å². The Morgan fingerprint density at radius 1 is 1.56 bits per heavy atom. The SMILES string of the molecule is CCCSc1ncc(N)cc1C(=O)OCC. The Hall–Kier alpha value is -1.23. The number of anilines is 1. The first-order valence-corrected chi connectivity index (χ1v) is 6.23. The number of esters is 1. The van der Waals surface area contributed by atoms with E-state index in [1.165, 1.54) is 0 Å².